The van der Waals surface area contributed by atoms with Gasteiger partial charge in [-0.15, -0.1) is 13.2 Å². The van der Waals surface area contributed by atoms with Gasteiger partial charge in [-0.25, -0.2) is 18.5 Å². The average molecular weight is 643 g/mol. The van der Waals surface area contributed by atoms with Crippen molar-refractivity contribution in [2.75, 3.05) is 31.6 Å². The number of benzene rings is 2. The van der Waals surface area contributed by atoms with Gasteiger partial charge in [-0.1, -0.05) is 23.5 Å². The van der Waals surface area contributed by atoms with E-state index in [1.165, 1.54) is 61.8 Å². The zero-order valence-corrected chi connectivity index (χ0v) is 23.9. The highest BCUT2D eigenvalue weighted by Crippen LogP contribution is 2.30. The molecule has 13 nitrogen and oxygen atoms in total. The topological polar surface area (TPSA) is 181 Å². The number of hydrogen-bond acceptors (Lipinski definition) is 11. The number of alkyl halides is 3. The van der Waals surface area contributed by atoms with Crippen LogP contribution in [0, 0.1) is 0 Å². The lowest BCUT2D eigenvalue weighted by atomic mass is 10.2. The second-order valence-electron chi connectivity index (χ2n) is 8.90. The maximum Gasteiger partial charge on any atom is 0.573 e. The molecule has 43 heavy (non-hydrogen) atoms. The fraction of sp³-hybridized carbons (Fsp3) is 0.280. The summed E-state index contributed by atoms with van der Waals surface area (Å²) in [5.41, 5.74) is 6.04. The molecule has 1 fully saturated rings. The number of piperazine rings is 1. The number of halogens is 3. The van der Waals surface area contributed by atoms with E-state index in [4.69, 9.17) is 10.5 Å². The van der Waals surface area contributed by atoms with Crippen molar-refractivity contribution in [2.24, 2.45) is 5.73 Å². The van der Waals surface area contributed by atoms with Crippen LogP contribution in [-0.2, 0) is 21.4 Å². The highest BCUT2D eigenvalue weighted by atomic mass is 32.2. The third-order valence-electron chi connectivity index (χ3n) is 6.15. The molecule has 4 aromatic rings. The number of nitrogens with two attached hydrogens (primary N) is 1. The van der Waals surface area contributed by atoms with E-state index < -0.39 is 28.4 Å². The van der Waals surface area contributed by atoms with E-state index in [1.807, 2.05) is 0 Å². The number of nitrogens with one attached hydrogen (secondary N) is 1. The fourth-order valence-corrected chi connectivity index (χ4v) is 6.58. The number of sulfonamides is 1. The first-order chi connectivity index (χ1) is 20.3. The number of ether oxygens (including phenoxy) is 2. The largest absolute Gasteiger partial charge is 0.573 e. The van der Waals surface area contributed by atoms with E-state index in [1.54, 1.807) is 4.90 Å². The molecule has 5 rings (SSSR count). The molecular formula is C25H25F3N6O7S2. The summed E-state index contributed by atoms with van der Waals surface area (Å²) in [5, 5.41) is 16.2. The lowest BCUT2D eigenvalue weighted by Crippen LogP contribution is -2.58. The summed E-state index contributed by atoms with van der Waals surface area (Å²) in [5.74, 6) is -1.00. The lowest BCUT2D eigenvalue weighted by Gasteiger charge is -2.38. The molecule has 0 aliphatic carbocycles. The summed E-state index contributed by atoms with van der Waals surface area (Å²) in [7, 11) is -2.56. The molecule has 1 atom stereocenters. The van der Waals surface area contributed by atoms with Gasteiger partial charge in [0, 0.05) is 26.2 Å². The molecule has 0 unspecified atom stereocenters. The molecular weight excluding hydrogens is 617 g/mol. The van der Waals surface area contributed by atoms with E-state index in [0.29, 0.717) is 27.6 Å². The maximum absolute atomic E-state index is 13.1. The summed E-state index contributed by atoms with van der Waals surface area (Å²) in [4.78, 5) is 29.8. The molecule has 0 spiro atoms. The molecule has 0 bridgehead atoms. The first-order valence-electron chi connectivity index (χ1n) is 12.3. The number of aromatic nitrogens is 3. The summed E-state index contributed by atoms with van der Waals surface area (Å²) in [6, 6.07) is 9.90. The van der Waals surface area contributed by atoms with Crippen LogP contribution in [0.2, 0.25) is 0 Å². The predicted molar refractivity (Wildman–Crippen MR) is 150 cm³/mol. The number of aromatic amines is 1. The third-order valence-corrected chi connectivity index (χ3v) is 9.20. The smallest absolute Gasteiger partial charge is 0.497 e. The Hall–Kier alpha value is -4.26. The van der Waals surface area contributed by atoms with Crippen LogP contribution in [0.5, 0.6) is 11.5 Å². The summed E-state index contributed by atoms with van der Waals surface area (Å²) in [6.07, 6.45) is -3.22. The Kier molecular flexibility index (Phi) is 9.53. The van der Waals surface area contributed by atoms with Crippen LogP contribution in [0.15, 0.2) is 64.4 Å². The molecule has 0 amide bonds. The van der Waals surface area contributed by atoms with Gasteiger partial charge in [0.1, 0.15) is 27.8 Å². The number of anilines is 1. The standard InChI is InChI=1S/C17H17N5O6S2.C8H8F3NO/c1-28-10-2-4-11(5-3-10)30(26,27)22-7-6-21(9-13(22)16(24)25)17-19-12-8-18-20-15(23)14(12)29-17;9-8(10,11)13-7-3-1-6(5-12)2-4-7/h2-5,8,13H,6-7,9H2,1H3,(H,20,23)(H,24,25);1-4H,5,12H2/t13-;/m1./s1. The molecule has 1 aliphatic rings. The van der Waals surface area contributed by atoms with Gasteiger partial charge >= 0.3 is 12.3 Å². The van der Waals surface area contributed by atoms with Crippen LogP contribution >= 0.6 is 11.3 Å². The van der Waals surface area contributed by atoms with Gasteiger partial charge in [0.15, 0.2) is 5.13 Å². The van der Waals surface area contributed by atoms with E-state index in [-0.39, 0.29) is 35.8 Å². The zero-order valence-electron chi connectivity index (χ0n) is 22.3. The highest BCUT2D eigenvalue weighted by Gasteiger charge is 2.41. The molecule has 4 N–H and O–H groups in total. The van der Waals surface area contributed by atoms with E-state index in [0.717, 1.165) is 21.2 Å². The van der Waals surface area contributed by atoms with E-state index in [2.05, 4.69) is 19.9 Å². The molecule has 1 aliphatic heterocycles. The van der Waals surface area contributed by atoms with Crippen LogP contribution in [0.4, 0.5) is 18.3 Å². The van der Waals surface area contributed by atoms with Gasteiger partial charge in [-0.2, -0.15) is 9.40 Å². The van der Waals surface area contributed by atoms with Crippen molar-refractivity contribution in [2.45, 2.75) is 23.8 Å². The number of nitrogens with zero attached hydrogens (tertiary/aromatic N) is 4. The van der Waals surface area contributed by atoms with Gasteiger partial charge in [0.05, 0.1) is 18.2 Å². The molecule has 2 aromatic heterocycles. The van der Waals surface area contributed by atoms with Crippen molar-refractivity contribution in [1.29, 1.82) is 0 Å². The minimum absolute atomic E-state index is 0.0133. The molecule has 2 aromatic carbocycles. The van der Waals surface area contributed by atoms with Gasteiger partial charge in [0.25, 0.3) is 5.56 Å². The number of carboxylic acid groups (broad SMARTS) is 1. The fourth-order valence-electron chi connectivity index (χ4n) is 4.05. The SMILES string of the molecule is COc1ccc(S(=O)(=O)N2CCN(c3nc4cn[nH]c(=O)c4s3)C[C@@H]2C(=O)O)cc1.NCc1ccc(OC(F)(F)F)cc1. The van der Waals surface area contributed by atoms with Crippen LogP contribution in [-0.4, -0.2) is 78.1 Å². The predicted octanol–water partition coefficient (Wildman–Crippen LogP) is 2.40. The minimum atomic E-state index is -4.63. The Balaban J connectivity index is 0.000000273. The normalized spacial score (nSPS) is 15.9. The van der Waals surface area contributed by atoms with Crippen LogP contribution < -0.4 is 25.7 Å². The number of H-pyrrole nitrogens is 1. The highest BCUT2D eigenvalue weighted by molar-refractivity contribution is 7.89. The van der Waals surface area contributed by atoms with Crippen LogP contribution in [0.1, 0.15) is 5.56 Å². The minimum Gasteiger partial charge on any atom is -0.497 e. The van der Waals surface area contributed by atoms with Gasteiger partial charge in [-0.05, 0) is 42.0 Å². The number of methoxy groups -OCH3 is 1. The quantitative estimate of drug-likeness (QED) is 0.269. The number of aliphatic carboxylic acids is 1. The Morgan fingerprint density at radius 3 is 2.35 bits per heavy atom. The van der Waals surface area contributed by atoms with Crippen molar-refractivity contribution >= 4 is 42.7 Å². The van der Waals surface area contributed by atoms with Crippen molar-refractivity contribution < 1.29 is 41.0 Å². The molecule has 3 heterocycles. The first kappa shape index (κ1) is 31.7. The van der Waals surface area contributed by atoms with Crippen molar-refractivity contribution in [3.05, 3.63) is 70.6 Å². The summed E-state index contributed by atoms with van der Waals surface area (Å²) in [6.45, 7) is 0.377. The summed E-state index contributed by atoms with van der Waals surface area (Å²) < 4.78 is 71.2. The Bertz CT molecular complexity index is 1730. The zero-order chi connectivity index (χ0) is 31.4. The number of thiazole rings is 1. The average Bonchev–Trinajstić information content (AvgIpc) is 3.43. The Morgan fingerprint density at radius 1 is 1.14 bits per heavy atom. The van der Waals surface area contributed by atoms with Crippen molar-refractivity contribution in [1.82, 2.24) is 19.5 Å². The second kappa shape index (κ2) is 12.9. The molecule has 0 radical (unpaired) electrons. The van der Waals surface area contributed by atoms with Gasteiger partial charge < -0.3 is 25.2 Å². The second-order valence-corrected chi connectivity index (χ2v) is 11.8. The molecule has 0 saturated carbocycles. The van der Waals surface area contributed by atoms with Crippen molar-refractivity contribution in [3.8, 4) is 11.5 Å². The Labute approximate surface area is 246 Å². The van der Waals surface area contributed by atoms with E-state index in [9.17, 15) is 36.3 Å². The van der Waals surface area contributed by atoms with Crippen LogP contribution in [0.3, 0.4) is 0 Å². The van der Waals surface area contributed by atoms with Gasteiger partial charge in [-0.3, -0.25) is 9.59 Å². The van der Waals surface area contributed by atoms with Crippen molar-refractivity contribution in [3.63, 3.8) is 0 Å². The molecule has 18 heteroatoms. The lowest BCUT2D eigenvalue weighted by molar-refractivity contribution is -0.274. The number of fused-ring (bicyclic) bond motifs is 1. The number of hydrogen-bond donors (Lipinski definition) is 3. The maximum atomic E-state index is 13.1. The summed E-state index contributed by atoms with van der Waals surface area (Å²) >= 11 is 1.11. The molecule has 230 valence electrons. The Morgan fingerprint density at radius 2 is 1.79 bits per heavy atom. The van der Waals surface area contributed by atoms with Crippen LogP contribution in [0.25, 0.3) is 10.2 Å². The number of rotatable bonds is 7. The molecule has 1 saturated heterocycles. The number of carboxylic acids is 1. The monoisotopic (exact) mass is 642 g/mol. The third kappa shape index (κ3) is 7.58. The van der Waals surface area contributed by atoms with Gasteiger partial charge in [0.2, 0.25) is 10.0 Å². The van der Waals surface area contributed by atoms with E-state index >= 15 is 0 Å². The number of carbonyl (C=O) groups is 1. The first-order valence-corrected chi connectivity index (χ1v) is 14.6.